The van der Waals surface area contributed by atoms with Crippen LogP contribution >= 0.6 is 0 Å². The van der Waals surface area contributed by atoms with Gasteiger partial charge in [0.25, 0.3) is 0 Å². The molecule has 1 aliphatic rings. The van der Waals surface area contributed by atoms with Gasteiger partial charge in [-0.3, -0.25) is 14.7 Å². The summed E-state index contributed by atoms with van der Waals surface area (Å²) in [6.07, 6.45) is 3.53. The second-order valence-corrected chi connectivity index (χ2v) is 9.32. The zero-order chi connectivity index (χ0) is 24.8. The topological polar surface area (TPSA) is 62.1 Å². The van der Waals surface area contributed by atoms with Gasteiger partial charge in [-0.1, -0.05) is 48.5 Å². The Morgan fingerprint density at radius 1 is 0.865 bits per heavy atom. The maximum atomic E-state index is 4.62. The van der Waals surface area contributed by atoms with Crippen LogP contribution in [0.25, 0.3) is 21.8 Å². The standard InChI is InChI=1S/C30H25N7/c1-35-28-10-6-5-9-22(28)19-37(35)25-12-13-27-26(16-25)30(32-20-31-27)34-24-11-14-29-23(15-24)17-33-36(29)18-21-7-3-2-4-8-21/h2-17,20H,18-19H2,1H3,(H,31,32,34). The summed E-state index contributed by atoms with van der Waals surface area (Å²) >= 11 is 0. The number of hydrogen-bond donors (Lipinski definition) is 1. The van der Waals surface area contributed by atoms with Crippen LogP contribution in [0.2, 0.25) is 0 Å². The molecule has 37 heavy (non-hydrogen) atoms. The van der Waals surface area contributed by atoms with Gasteiger partial charge < -0.3 is 5.32 Å². The lowest BCUT2D eigenvalue weighted by atomic mass is 10.1. The van der Waals surface area contributed by atoms with Gasteiger partial charge in [0.05, 0.1) is 41.7 Å². The lowest BCUT2D eigenvalue weighted by Crippen LogP contribution is -2.33. The summed E-state index contributed by atoms with van der Waals surface area (Å²) in [5, 5.41) is 14.7. The number of rotatable bonds is 5. The molecule has 7 nitrogen and oxygen atoms in total. The third-order valence-electron chi connectivity index (χ3n) is 7.02. The van der Waals surface area contributed by atoms with Crippen LogP contribution in [0.3, 0.4) is 0 Å². The van der Waals surface area contributed by atoms with Crippen molar-refractivity contribution in [2.45, 2.75) is 13.1 Å². The Kier molecular flexibility index (Phi) is 4.99. The molecule has 0 spiro atoms. The van der Waals surface area contributed by atoms with Crippen molar-refractivity contribution in [2.75, 3.05) is 22.4 Å². The highest BCUT2D eigenvalue weighted by molar-refractivity contribution is 5.94. The SMILES string of the molecule is CN1c2ccccc2CN1c1ccc2ncnc(Nc3ccc4c(cnn4Cc4ccccc4)c3)c2c1. The largest absolute Gasteiger partial charge is 0.340 e. The zero-order valence-corrected chi connectivity index (χ0v) is 20.4. The van der Waals surface area contributed by atoms with Crippen molar-refractivity contribution in [1.82, 2.24) is 19.7 Å². The van der Waals surface area contributed by atoms with Crippen molar-refractivity contribution in [1.29, 1.82) is 0 Å². The highest BCUT2D eigenvalue weighted by Crippen LogP contribution is 2.35. The molecule has 4 aromatic carbocycles. The number of aromatic nitrogens is 4. The summed E-state index contributed by atoms with van der Waals surface area (Å²) in [4.78, 5) is 9.10. The fraction of sp³-hybridized carbons (Fsp3) is 0.100. The minimum atomic E-state index is 0.741. The molecule has 0 unspecified atom stereocenters. The molecule has 6 aromatic rings. The Morgan fingerprint density at radius 3 is 2.62 bits per heavy atom. The average Bonchev–Trinajstić information content (AvgIpc) is 3.49. The van der Waals surface area contributed by atoms with E-state index in [4.69, 9.17) is 0 Å². The van der Waals surface area contributed by atoms with Crippen molar-refractivity contribution in [3.8, 4) is 0 Å². The summed E-state index contributed by atoms with van der Waals surface area (Å²) in [6.45, 7) is 1.57. The lowest BCUT2D eigenvalue weighted by molar-refractivity contribution is 0.712. The van der Waals surface area contributed by atoms with Gasteiger partial charge in [-0.05, 0) is 53.6 Å². The van der Waals surface area contributed by atoms with Crippen LogP contribution in [-0.2, 0) is 13.1 Å². The summed E-state index contributed by atoms with van der Waals surface area (Å²) in [5.41, 5.74) is 7.83. The lowest BCUT2D eigenvalue weighted by Gasteiger charge is -2.28. The first-order valence-corrected chi connectivity index (χ1v) is 12.3. The smallest absolute Gasteiger partial charge is 0.141 e. The molecule has 0 atom stereocenters. The van der Waals surface area contributed by atoms with E-state index in [1.807, 2.05) is 16.9 Å². The van der Waals surface area contributed by atoms with Gasteiger partial charge in [0.15, 0.2) is 0 Å². The molecule has 1 aliphatic heterocycles. The highest BCUT2D eigenvalue weighted by Gasteiger charge is 2.24. The molecule has 0 amide bonds. The first-order valence-electron chi connectivity index (χ1n) is 12.3. The van der Waals surface area contributed by atoms with Gasteiger partial charge in [-0.15, -0.1) is 0 Å². The quantitative estimate of drug-likeness (QED) is 0.318. The van der Waals surface area contributed by atoms with Gasteiger partial charge in [0.1, 0.15) is 12.1 Å². The van der Waals surface area contributed by atoms with E-state index >= 15 is 0 Å². The number of fused-ring (bicyclic) bond motifs is 3. The molecular formula is C30H25N7. The first-order chi connectivity index (χ1) is 18.2. The molecule has 2 aromatic heterocycles. The molecule has 1 N–H and O–H groups in total. The van der Waals surface area contributed by atoms with Crippen molar-refractivity contribution in [3.05, 3.63) is 115 Å². The van der Waals surface area contributed by atoms with E-state index in [-0.39, 0.29) is 0 Å². The minimum absolute atomic E-state index is 0.741. The molecule has 0 saturated heterocycles. The number of anilines is 4. The fourth-order valence-corrected chi connectivity index (χ4v) is 5.11. The summed E-state index contributed by atoms with van der Waals surface area (Å²) in [7, 11) is 2.10. The van der Waals surface area contributed by atoms with Crippen LogP contribution in [0, 0.1) is 0 Å². The van der Waals surface area contributed by atoms with Gasteiger partial charge in [-0.25, -0.2) is 9.97 Å². The molecule has 7 heteroatoms. The minimum Gasteiger partial charge on any atom is -0.340 e. The van der Waals surface area contributed by atoms with E-state index in [0.717, 1.165) is 52.1 Å². The molecule has 7 rings (SSSR count). The monoisotopic (exact) mass is 483 g/mol. The Balaban J connectivity index is 1.19. The second-order valence-electron chi connectivity index (χ2n) is 9.32. The van der Waals surface area contributed by atoms with E-state index in [1.165, 1.54) is 16.8 Å². The van der Waals surface area contributed by atoms with E-state index in [2.05, 4.69) is 122 Å². The fourth-order valence-electron chi connectivity index (χ4n) is 5.11. The predicted molar refractivity (Wildman–Crippen MR) is 149 cm³/mol. The Hall–Kier alpha value is -4.91. The van der Waals surface area contributed by atoms with Gasteiger partial charge in [0.2, 0.25) is 0 Å². The number of para-hydroxylation sites is 1. The first kappa shape index (κ1) is 21.4. The maximum Gasteiger partial charge on any atom is 0.141 e. The highest BCUT2D eigenvalue weighted by atomic mass is 15.6. The van der Waals surface area contributed by atoms with Gasteiger partial charge >= 0.3 is 0 Å². The molecule has 0 aliphatic carbocycles. The third kappa shape index (κ3) is 3.81. The zero-order valence-electron chi connectivity index (χ0n) is 20.4. The normalized spacial score (nSPS) is 12.9. The van der Waals surface area contributed by atoms with Crippen LogP contribution in [0.4, 0.5) is 22.9 Å². The Morgan fingerprint density at radius 2 is 1.73 bits per heavy atom. The van der Waals surface area contributed by atoms with Crippen molar-refractivity contribution >= 4 is 44.7 Å². The summed E-state index contributed by atoms with van der Waals surface area (Å²) in [6, 6.07) is 31.5. The molecule has 0 bridgehead atoms. The van der Waals surface area contributed by atoms with E-state index in [1.54, 1.807) is 6.33 Å². The molecule has 0 radical (unpaired) electrons. The van der Waals surface area contributed by atoms with Crippen LogP contribution < -0.4 is 15.3 Å². The van der Waals surface area contributed by atoms with Crippen LogP contribution in [-0.4, -0.2) is 26.8 Å². The van der Waals surface area contributed by atoms with Crippen LogP contribution in [0.5, 0.6) is 0 Å². The van der Waals surface area contributed by atoms with Gasteiger partial charge in [-0.2, -0.15) is 5.10 Å². The third-order valence-corrected chi connectivity index (χ3v) is 7.02. The number of hydrogen-bond acceptors (Lipinski definition) is 6. The molecule has 0 fully saturated rings. The van der Waals surface area contributed by atoms with E-state index < -0.39 is 0 Å². The molecule has 0 saturated carbocycles. The number of hydrazine groups is 1. The maximum absolute atomic E-state index is 4.62. The number of nitrogens with zero attached hydrogens (tertiary/aromatic N) is 6. The van der Waals surface area contributed by atoms with Crippen LogP contribution in [0.1, 0.15) is 11.1 Å². The molecule has 180 valence electrons. The van der Waals surface area contributed by atoms with Crippen molar-refractivity contribution < 1.29 is 0 Å². The second kappa shape index (κ2) is 8.64. The number of benzene rings is 4. The van der Waals surface area contributed by atoms with E-state index in [9.17, 15) is 0 Å². The average molecular weight is 484 g/mol. The molecular weight excluding hydrogens is 458 g/mol. The Labute approximate surface area is 214 Å². The van der Waals surface area contributed by atoms with E-state index in [0.29, 0.717) is 0 Å². The number of nitrogens with one attached hydrogen (secondary N) is 1. The summed E-state index contributed by atoms with van der Waals surface area (Å²) in [5.74, 6) is 0.780. The predicted octanol–water partition coefficient (Wildman–Crippen LogP) is 6.14. The van der Waals surface area contributed by atoms with Crippen molar-refractivity contribution in [3.63, 3.8) is 0 Å². The summed E-state index contributed by atoms with van der Waals surface area (Å²) < 4.78 is 2.03. The van der Waals surface area contributed by atoms with Gasteiger partial charge in [0, 0.05) is 23.5 Å². The van der Waals surface area contributed by atoms with Crippen LogP contribution in [0.15, 0.2) is 104 Å². The molecule has 3 heterocycles. The Bertz CT molecular complexity index is 1740. The van der Waals surface area contributed by atoms with Crippen molar-refractivity contribution in [2.24, 2.45) is 0 Å².